The molecular weight excluding hydrogens is 329 g/mol. The SMILES string of the molecule is O=C(NCCC1=CCCCC1)c1ccc(NCc2ccc(F)cc2)nc1. The summed E-state index contributed by atoms with van der Waals surface area (Å²) in [5.74, 6) is 0.333. The van der Waals surface area contributed by atoms with Crippen LogP contribution in [0.5, 0.6) is 0 Å². The average molecular weight is 353 g/mol. The minimum Gasteiger partial charge on any atom is -0.366 e. The zero-order valence-electron chi connectivity index (χ0n) is 14.8. The van der Waals surface area contributed by atoms with Gasteiger partial charge < -0.3 is 10.6 Å². The van der Waals surface area contributed by atoms with E-state index in [0.29, 0.717) is 24.5 Å². The van der Waals surface area contributed by atoms with Gasteiger partial charge in [-0.2, -0.15) is 0 Å². The fraction of sp³-hybridized carbons (Fsp3) is 0.333. The summed E-state index contributed by atoms with van der Waals surface area (Å²) in [6.07, 6.45) is 9.67. The summed E-state index contributed by atoms with van der Waals surface area (Å²) in [6, 6.07) is 9.86. The monoisotopic (exact) mass is 353 g/mol. The lowest BCUT2D eigenvalue weighted by Gasteiger charge is -2.13. The molecule has 136 valence electrons. The van der Waals surface area contributed by atoms with Crippen molar-refractivity contribution in [2.24, 2.45) is 0 Å². The number of anilines is 1. The fourth-order valence-corrected chi connectivity index (χ4v) is 3.00. The number of pyridine rings is 1. The van der Waals surface area contributed by atoms with Gasteiger partial charge in [-0.05, 0) is 61.9 Å². The molecule has 0 bridgehead atoms. The first-order chi connectivity index (χ1) is 12.7. The second kappa shape index (κ2) is 9.13. The number of rotatable bonds is 7. The van der Waals surface area contributed by atoms with Crippen molar-refractivity contribution < 1.29 is 9.18 Å². The summed E-state index contributed by atoms with van der Waals surface area (Å²) in [4.78, 5) is 16.5. The van der Waals surface area contributed by atoms with Gasteiger partial charge in [0.2, 0.25) is 0 Å². The van der Waals surface area contributed by atoms with Crippen LogP contribution in [0.1, 0.15) is 48.0 Å². The molecule has 1 aliphatic rings. The first-order valence-corrected chi connectivity index (χ1v) is 9.11. The highest BCUT2D eigenvalue weighted by atomic mass is 19.1. The maximum absolute atomic E-state index is 12.9. The second-order valence-corrected chi connectivity index (χ2v) is 6.53. The van der Waals surface area contributed by atoms with Gasteiger partial charge in [0.25, 0.3) is 5.91 Å². The van der Waals surface area contributed by atoms with Gasteiger partial charge in [-0.3, -0.25) is 4.79 Å². The van der Waals surface area contributed by atoms with E-state index in [9.17, 15) is 9.18 Å². The fourth-order valence-electron chi connectivity index (χ4n) is 3.00. The third-order valence-corrected chi connectivity index (χ3v) is 4.53. The number of nitrogens with zero attached hydrogens (tertiary/aromatic N) is 1. The number of carbonyl (C=O) groups excluding carboxylic acids is 1. The molecule has 26 heavy (non-hydrogen) atoms. The number of nitrogens with one attached hydrogen (secondary N) is 2. The number of amides is 1. The average Bonchev–Trinajstić information content (AvgIpc) is 2.69. The summed E-state index contributed by atoms with van der Waals surface area (Å²) in [7, 11) is 0. The Morgan fingerprint density at radius 1 is 1.12 bits per heavy atom. The highest BCUT2D eigenvalue weighted by Gasteiger charge is 2.08. The molecule has 0 spiro atoms. The lowest BCUT2D eigenvalue weighted by atomic mass is 9.97. The van der Waals surface area contributed by atoms with E-state index in [1.807, 2.05) is 0 Å². The molecule has 0 unspecified atom stereocenters. The Morgan fingerprint density at radius 3 is 2.65 bits per heavy atom. The lowest BCUT2D eigenvalue weighted by Crippen LogP contribution is -2.25. The van der Waals surface area contributed by atoms with Crippen LogP contribution < -0.4 is 10.6 Å². The number of halogens is 1. The van der Waals surface area contributed by atoms with E-state index in [1.165, 1.54) is 37.0 Å². The number of hydrogen-bond donors (Lipinski definition) is 2. The van der Waals surface area contributed by atoms with Crippen molar-refractivity contribution >= 4 is 11.7 Å². The van der Waals surface area contributed by atoms with Gasteiger partial charge in [0.05, 0.1) is 5.56 Å². The van der Waals surface area contributed by atoms with Gasteiger partial charge in [0.15, 0.2) is 0 Å². The summed E-state index contributed by atoms with van der Waals surface area (Å²) < 4.78 is 12.9. The van der Waals surface area contributed by atoms with Gasteiger partial charge in [0.1, 0.15) is 11.6 Å². The largest absolute Gasteiger partial charge is 0.366 e. The molecule has 0 aliphatic heterocycles. The van der Waals surface area contributed by atoms with E-state index in [-0.39, 0.29) is 11.7 Å². The summed E-state index contributed by atoms with van der Waals surface area (Å²) in [5.41, 5.74) is 2.97. The van der Waals surface area contributed by atoms with E-state index in [1.54, 1.807) is 30.5 Å². The van der Waals surface area contributed by atoms with Gasteiger partial charge >= 0.3 is 0 Å². The van der Waals surface area contributed by atoms with E-state index < -0.39 is 0 Å². The van der Waals surface area contributed by atoms with Crippen molar-refractivity contribution in [2.45, 2.75) is 38.6 Å². The molecule has 1 aromatic carbocycles. The quantitative estimate of drug-likeness (QED) is 0.723. The molecule has 1 amide bonds. The number of carbonyl (C=O) groups is 1. The number of hydrogen-bond acceptors (Lipinski definition) is 3. The second-order valence-electron chi connectivity index (χ2n) is 6.53. The smallest absolute Gasteiger partial charge is 0.252 e. The molecule has 0 fully saturated rings. The van der Waals surface area contributed by atoms with Crippen LogP contribution in [-0.2, 0) is 6.54 Å². The molecule has 0 atom stereocenters. The molecule has 1 aromatic heterocycles. The van der Waals surface area contributed by atoms with Gasteiger partial charge in [0, 0.05) is 19.3 Å². The zero-order chi connectivity index (χ0) is 18.2. The Balaban J connectivity index is 1.44. The van der Waals surface area contributed by atoms with E-state index in [2.05, 4.69) is 21.7 Å². The first-order valence-electron chi connectivity index (χ1n) is 9.11. The minimum atomic E-state index is -0.248. The van der Waals surface area contributed by atoms with Crippen molar-refractivity contribution in [2.75, 3.05) is 11.9 Å². The molecule has 0 radical (unpaired) electrons. The Labute approximate surface area is 153 Å². The maximum Gasteiger partial charge on any atom is 0.252 e. The molecule has 4 nitrogen and oxygen atoms in total. The Kier molecular flexibility index (Phi) is 6.36. The molecule has 0 saturated heterocycles. The molecule has 1 heterocycles. The highest BCUT2D eigenvalue weighted by molar-refractivity contribution is 5.94. The number of allylic oxidation sites excluding steroid dienone is 1. The van der Waals surface area contributed by atoms with Crippen molar-refractivity contribution in [3.63, 3.8) is 0 Å². The van der Waals surface area contributed by atoms with Crippen LogP contribution in [0.15, 0.2) is 54.2 Å². The van der Waals surface area contributed by atoms with Crippen LogP contribution in [0.4, 0.5) is 10.2 Å². The minimum absolute atomic E-state index is 0.0982. The number of benzene rings is 1. The van der Waals surface area contributed by atoms with Gasteiger partial charge in [-0.1, -0.05) is 23.8 Å². The van der Waals surface area contributed by atoms with Crippen molar-refractivity contribution in [1.29, 1.82) is 0 Å². The van der Waals surface area contributed by atoms with Crippen LogP contribution in [-0.4, -0.2) is 17.4 Å². The summed E-state index contributed by atoms with van der Waals surface area (Å²) in [6.45, 7) is 1.21. The predicted molar refractivity (Wildman–Crippen MR) is 101 cm³/mol. The van der Waals surface area contributed by atoms with Crippen LogP contribution in [0.2, 0.25) is 0 Å². The normalized spacial score (nSPS) is 13.8. The van der Waals surface area contributed by atoms with Gasteiger partial charge in [-0.25, -0.2) is 9.37 Å². The maximum atomic E-state index is 12.9. The lowest BCUT2D eigenvalue weighted by molar-refractivity contribution is 0.0953. The molecule has 2 aromatic rings. The van der Waals surface area contributed by atoms with Crippen LogP contribution in [0.3, 0.4) is 0 Å². The van der Waals surface area contributed by atoms with Crippen molar-refractivity contribution in [1.82, 2.24) is 10.3 Å². The standard InChI is InChI=1S/C21H24FN3O/c22-19-9-6-17(7-10-19)14-24-20-11-8-18(15-25-20)21(26)23-13-12-16-4-2-1-3-5-16/h4,6-11,15H,1-3,5,12-14H2,(H,23,26)(H,24,25). The van der Waals surface area contributed by atoms with Crippen LogP contribution >= 0.6 is 0 Å². The summed E-state index contributed by atoms with van der Waals surface area (Å²) in [5, 5.41) is 6.11. The van der Waals surface area contributed by atoms with Crippen molar-refractivity contribution in [3.05, 3.63) is 71.2 Å². The third kappa shape index (κ3) is 5.41. The van der Waals surface area contributed by atoms with E-state index in [4.69, 9.17) is 0 Å². The topological polar surface area (TPSA) is 54.0 Å². The van der Waals surface area contributed by atoms with Crippen LogP contribution in [0, 0.1) is 5.82 Å². The molecule has 2 N–H and O–H groups in total. The van der Waals surface area contributed by atoms with Gasteiger partial charge in [-0.15, -0.1) is 0 Å². The predicted octanol–water partition coefficient (Wildman–Crippen LogP) is 4.45. The third-order valence-electron chi connectivity index (χ3n) is 4.53. The molecule has 5 heteroatoms. The summed E-state index contributed by atoms with van der Waals surface area (Å²) >= 11 is 0. The molecule has 0 saturated carbocycles. The van der Waals surface area contributed by atoms with Crippen LogP contribution in [0.25, 0.3) is 0 Å². The highest BCUT2D eigenvalue weighted by Crippen LogP contribution is 2.19. The first kappa shape index (κ1) is 18.1. The molecule has 1 aliphatic carbocycles. The van der Waals surface area contributed by atoms with Crippen molar-refractivity contribution in [3.8, 4) is 0 Å². The zero-order valence-corrected chi connectivity index (χ0v) is 14.8. The Morgan fingerprint density at radius 2 is 1.96 bits per heavy atom. The number of aromatic nitrogens is 1. The molecular formula is C21H24FN3O. The Hall–Kier alpha value is -2.69. The van der Waals surface area contributed by atoms with E-state index in [0.717, 1.165) is 18.4 Å². The van der Waals surface area contributed by atoms with E-state index >= 15 is 0 Å². The Bertz CT molecular complexity index is 754. The molecule has 3 rings (SSSR count).